The Labute approximate surface area is 132 Å². The van der Waals surface area contributed by atoms with Crippen molar-refractivity contribution in [1.29, 1.82) is 0 Å². The largest absolute Gasteiger partial charge is 0.367 e. The van der Waals surface area contributed by atoms with Gasteiger partial charge in [-0.1, -0.05) is 30.3 Å². The van der Waals surface area contributed by atoms with Crippen molar-refractivity contribution in [1.82, 2.24) is 10.2 Å². The molecule has 22 heavy (non-hydrogen) atoms. The lowest BCUT2D eigenvalue weighted by Gasteiger charge is -2.36. The van der Waals surface area contributed by atoms with E-state index in [4.69, 9.17) is 4.74 Å². The van der Waals surface area contributed by atoms with Gasteiger partial charge < -0.3 is 15.0 Å². The lowest BCUT2D eigenvalue weighted by atomic mass is 9.88. The van der Waals surface area contributed by atoms with Gasteiger partial charge >= 0.3 is 0 Å². The second-order valence-electron chi connectivity index (χ2n) is 6.39. The van der Waals surface area contributed by atoms with Crippen LogP contribution in [-0.4, -0.2) is 43.6 Å². The normalized spacial score (nSPS) is 24.4. The highest BCUT2D eigenvalue weighted by atomic mass is 16.5. The first-order valence-corrected chi connectivity index (χ1v) is 8.39. The van der Waals surface area contributed by atoms with Gasteiger partial charge in [-0.25, -0.2) is 0 Å². The van der Waals surface area contributed by atoms with Crippen LogP contribution in [0.15, 0.2) is 30.3 Å². The molecule has 2 aliphatic rings. The highest BCUT2D eigenvalue weighted by Gasteiger charge is 2.32. The zero-order chi connectivity index (χ0) is 15.4. The molecule has 4 nitrogen and oxygen atoms in total. The van der Waals surface area contributed by atoms with E-state index >= 15 is 0 Å². The highest BCUT2D eigenvalue weighted by molar-refractivity contribution is 5.82. The molecule has 0 spiro atoms. The molecule has 2 fully saturated rings. The van der Waals surface area contributed by atoms with Gasteiger partial charge in [-0.05, 0) is 43.7 Å². The Morgan fingerprint density at radius 1 is 1.23 bits per heavy atom. The van der Waals surface area contributed by atoms with Gasteiger partial charge in [0.2, 0.25) is 0 Å². The number of amides is 1. The third-order valence-corrected chi connectivity index (χ3v) is 5.08. The number of nitrogens with one attached hydrogen (secondary N) is 1. The summed E-state index contributed by atoms with van der Waals surface area (Å²) in [6.45, 7) is 2.87. The third-order valence-electron chi connectivity index (χ3n) is 5.08. The maximum Gasteiger partial charge on any atom is 0.256 e. The number of methoxy groups -OCH3 is 1. The van der Waals surface area contributed by atoms with E-state index in [1.54, 1.807) is 7.11 Å². The number of carbonyl (C=O) groups is 1. The third kappa shape index (κ3) is 3.33. The SMILES string of the molecule is COC(C(=O)N1CCC(C2CCCN2)CC1)c1ccccc1. The number of benzene rings is 1. The Kier molecular flexibility index (Phi) is 5.11. The first-order chi connectivity index (χ1) is 10.8. The van der Waals surface area contributed by atoms with E-state index < -0.39 is 6.10 Å². The van der Waals surface area contributed by atoms with Crippen molar-refractivity contribution >= 4 is 5.91 Å². The fourth-order valence-electron chi connectivity index (χ4n) is 3.81. The fourth-order valence-corrected chi connectivity index (χ4v) is 3.81. The number of likely N-dealkylation sites (tertiary alicyclic amines) is 1. The Morgan fingerprint density at radius 3 is 2.55 bits per heavy atom. The quantitative estimate of drug-likeness (QED) is 0.928. The Hall–Kier alpha value is -1.39. The summed E-state index contributed by atoms with van der Waals surface area (Å²) in [5.41, 5.74) is 0.939. The molecule has 0 saturated carbocycles. The van der Waals surface area contributed by atoms with E-state index in [0.717, 1.165) is 44.0 Å². The number of hydrogen-bond donors (Lipinski definition) is 1. The zero-order valence-corrected chi connectivity index (χ0v) is 13.3. The van der Waals surface area contributed by atoms with E-state index in [-0.39, 0.29) is 5.91 Å². The topological polar surface area (TPSA) is 41.6 Å². The predicted octanol–water partition coefficient (Wildman–Crippen LogP) is 2.36. The minimum Gasteiger partial charge on any atom is -0.367 e. The van der Waals surface area contributed by atoms with Crippen molar-refractivity contribution in [3.05, 3.63) is 35.9 Å². The Bertz CT molecular complexity index is 477. The van der Waals surface area contributed by atoms with Gasteiger partial charge in [0, 0.05) is 26.2 Å². The van der Waals surface area contributed by atoms with Crippen LogP contribution in [0.1, 0.15) is 37.4 Å². The summed E-state index contributed by atoms with van der Waals surface area (Å²) in [6, 6.07) is 10.5. The van der Waals surface area contributed by atoms with Crippen molar-refractivity contribution in [2.45, 2.75) is 37.8 Å². The molecular formula is C18H26N2O2. The monoisotopic (exact) mass is 302 g/mol. The molecule has 1 aromatic carbocycles. The van der Waals surface area contributed by atoms with Gasteiger partial charge in [0.25, 0.3) is 5.91 Å². The van der Waals surface area contributed by atoms with Gasteiger partial charge in [0.1, 0.15) is 0 Å². The number of ether oxygens (including phenoxy) is 1. The van der Waals surface area contributed by atoms with Gasteiger partial charge in [0.05, 0.1) is 0 Å². The van der Waals surface area contributed by atoms with Crippen LogP contribution in [0.4, 0.5) is 0 Å². The molecule has 120 valence electrons. The average Bonchev–Trinajstić information content (AvgIpc) is 3.11. The van der Waals surface area contributed by atoms with Crippen LogP contribution < -0.4 is 5.32 Å². The predicted molar refractivity (Wildman–Crippen MR) is 86.5 cm³/mol. The van der Waals surface area contributed by atoms with Crippen molar-refractivity contribution in [2.24, 2.45) is 5.92 Å². The Balaban J connectivity index is 1.58. The summed E-state index contributed by atoms with van der Waals surface area (Å²) in [7, 11) is 1.62. The van der Waals surface area contributed by atoms with Crippen molar-refractivity contribution in [3.8, 4) is 0 Å². The molecule has 4 heteroatoms. The first-order valence-electron chi connectivity index (χ1n) is 8.39. The molecule has 0 aliphatic carbocycles. The van der Waals surface area contributed by atoms with Crippen LogP contribution in [0, 0.1) is 5.92 Å². The van der Waals surface area contributed by atoms with Crippen molar-refractivity contribution in [3.63, 3.8) is 0 Å². The maximum atomic E-state index is 12.7. The van der Waals surface area contributed by atoms with Gasteiger partial charge in [-0.2, -0.15) is 0 Å². The van der Waals surface area contributed by atoms with Crippen LogP contribution in [0.2, 0.25) is 0 Å². The molecule has 2 unspecified atom stereocenters. The molecule has 1 aromatic rings. The number of hydrogen-bond acceptors (Lipinski definition) is 3. The summed E-state index contributed by atoms with van der Waals surface area (Å²) in [4.78, 5) is 14.7. The Morgan fingerprint density at radius 2 is 1.95 bits per heavy atom. The maximum absolute atomic E-state index is 12.7. The average molecular weight is 302 g/mol. The van der Waals surface area contributed by atoms with E-state index in [2.05, 4.69) is 5.32 Å². The van der Waals surface area contributed by atoms with E-state index in [1.807, 2.05) is 35.2 Å². The van der Waals surface area contributed by atoms with Crippen molar-refractivity contribution in [2.75, 3.05) is 26.7 Å². The van der Waals surface area contributed by atoms with Crippen LogP contribution in [0.25, 0.3) is 0 Å². The number of nitrogens with zero attached hydrogens (tertiary/aromatic N) is 1. The van der Waals surface area contributed by atoms with Crippen molar-refractivity contribution < 1.29 is 9.53 Å². The fraction of sp³-hybridized carbons (Fsp3) is 0.611. The molecule has 1 amide bonds. The van der Waals surface area contributed by atoms with Crippen LogP contribution in [0.3, 0.4) is 0 Å². The summed E-state index contributed by atoms with van der Waals surface area (Å²) in [6.07, 6.45) is 4.33. The van der Waals surface area contributed by atoms with Crippen LogP contribution in [-0.2, 0) is 9.53 Å². The summed E-state index contributed by atoms with van der Waals surface area (Å²) in [5.74, 6) is 0.829. The number of piperidine rings is 1. The number of rotatable bonds is 4. The van der Waals surface area contributed by atoms with Gasteiger partial charge in [0.15, 0.2) is 6.10 Å². The summed E-state index contributed by atoms with van der Waals surface area (Å²) >= 11 is 0. The van der Waals surface area contributed by atoms with Gasteiger partial charge in [-0.3, -0.25) is 4.79 Å². The molecular weight excluding hydrogens is 276 g/mol. The number of carbonyl (C=O) groups excluding carboxylic acids is 1. The van der Waals surface area contributed by atoms with E-state index in [9.17, 15) is 4.79 Å². The minimum absolute atomic E-state index is 0.103. The molecule has 2 aliphatic heterocycles. The highest BCUT2D eigenvalue weighted by Crippen LogP contribution is 2.28. The second kappa shape index (κ2) is 7.25. The molecule has 2 heterocycles. The molecule has 0 radical (unpaired) electrons. The van der Waals surface area contributed by atoms with E-state index in [0.29, 0.717) is 6.04 Å². The molecule has 1 N–H and O–H groups in total. The zero-order valence-electron chi connectivity index (χ0n) is 13.3. The van der Waals surface area contributed by atoms with Gasteiger partial charge in [-0.15, -0.1) is 0 Å². The smallest absolute Gasteiger partial charge is 0.256 e. The lowest BCUT2D eigenvalue weighted by Crippen LogP contribution is -2.45. The van der Waals surface area contributed by atoms with Crippen LogP contribution in [0.5, 0.6) is 0 Å². The molecule has 2 atom stereocenters. The molecule has 0 aromatic heterocycles. The first kappa shape index (κ1) is 15.5. The second-order valence-corrected chi connectivity index (χ2v) is 6.39. The standard InChI is InChI=1S/C18H26N2O2/c1-22-17(15-6-3-2-4-7-15)18(21)20-12-9-14(10-13-20)16-8-5-11-19-16/h2-4,6-7,14,16-17,19H,5,8-13H2,1H3. The molecule has 3 rings (SSSR count). The van der Waals surface area contributed by atoms with E-state index in [1.165, 1.54) is 12.8 Å². The minimum atomic E-state index is -0.470. The summed E-state index contributed by atoms with van der Waals surface area (Å²) in [5, 5.41) is 3.60. The summed E-state index contributed by atoms with van der Waals surface area (Å²) < 4.78 is 5.47. The molecule has 2 saturated heterocycles. The lowest BCUT2D eigenvalue weighted by molar-refractivity contribution is -0.144. The molecule has 0 bridgehead atoms. The van der Waals surface area contributed by atoms with Crippen LogP contribution >= 0.6 is 0 Å².